The van der Waals surface area contributed by atoms with E-state index in [1.807, 2.05) is 6.07 Å². The van der Waals surface area contributed by atoms with Crippen molar-refractivity contribution in [3.05, 3.63) is 237 Å². The first-order valence-electron chi connectivity index (χ1n) is 21.2. The Bertz CT molecular complexity index is 3610. The molecule has 12 aromatic rings. The fraction of sp³-hybridized carbons (Fsp3) is 0. The molecule has 290 valence electrons. The molecule has 0 amide bonds. The third-order valence-corrected chi connectivity index (χ3v) is 12.5. The Morgan fingerprint density at radius 3 is 1.55 bits per heavy atom. The normalized spacial score (nSPS) is 11.5. The summed E-state index contributed by atoms with van der Waals surface area (Å²) in [5.74, 6) is 0. The van der Waals surface area contributed by atoms with Crippen molar-refractivity contribution in [2.45, 2.75) is 0 Å². The van der Waals surface area contributed by atoms with E-state index in [9.17, 15) is 0 Å². The first-order valence-corrected chi connectivity index (χ1v) is 21.2. The molecule has 0 spiro atoms. The van der Waals surface area contributed by atoms with E-state index in [1.54, 1.807) is 0 Å². The maximum absolute atomic E-state index is 6.51. The summed E-state index contributed by atoms with van der Waals surface area (Å²) in [7, 11) is 0. The molecule has 0 aliphatic rings. The number of fused-ring (bicyclic) bond motifs is 7. The molecule has 0 bridgehead atoms. The van der Waals surface area contributed by atoms with Gasteiger partial charge in [0, 0.05) is 33.1 Å². The lowest BCUT2D eigenvalue weighted by Gasteiger charge is -2.28. The molecule has 1 heterocycles. The molecule has 2 nitrogen and oxygen atoms in total. The lowest BCUT2D eigenvalue weighted by Crippen LogP contribution is -2.10. The Labute approximate surface area is 360 Å². The molecule has 1 aromatic heterocycles. The number of nitrogens with zero attached hydrogens (tertiary/aromatic N) is 1. The maximum Gasteiger partial charge on any atom is 0.143 e. The summed E-state index contributed by atoms with van der Waals surface area (Å²) < 4.78 is 6.51. The van der Waals surface area contributed by atoms with E-state index in [4.69, 9.17) is 4.42 Å². The molecule has 0 saturated carbocycles. The molecule has 11 aromatic carbocycles. The Morgan fingerprint density at radius 1 is 0.274 bits per heavy atom. The van der Waals surface area contributed by atoms with Crippen molar-refractivity contribution in [1.82, 2.24) is 0 Å². The van der Waals surface area contributed by atoms with Crippen LogP contribution in [0.1, 0.15) is 0 Å². The van der Waals surface area contributed by atoms with E-state index in [1.165, 1.54) is 54.6 Å². The Morgan fingerprint density at radius 2 is 0.823 bits per heavy atom. The lowest BCUT2D eigenvalue weighted by atomic mass is 9.95. The van der Waals surface area contributed by atoms with Crippen LogP contribution < -0.4 is 4.90 Å². The van der Waals surface area contributed by atoms with Gasteiger partial charge < -0.3 is 9.32 Å². The zero-order valence-corrected chi connectivity index (χ0v) is 33.9. The van der Waals surface area contributed by atoms with Gasteiger partial charge in [0.1, 0.15) is 11.2 Å². The summed E-state index contributed by atoms with van der Waals surface area (Å²) in [5, 5.41) is 9.72. The van der Waals surface area contributed by atoms with Crippen LogP contribution in [-0.4, -0.2) is 0 Å². The highest BCUT2D eigenvalue weighted by Gasteiger charge is 2.19. The van der Waals surface area contributed by atoms with Gasteiger partial charge in [-0.25, -0.2) is 0 Å². The Kier molecular flexibility index (Phi) is 8.53. The fourth-order valence-electron chi connectivity index (χ4n) is 9.40. The van der Waals surface area contributed by atoms with Crippen LogP contribution in [-0.2, 0) is 0 Å². The third-order valence-electron chi connectivity index (χ3n) is 12.5. The molecule has 2 heteroatoms. The highest BCUT2D eigenvalue weighted by atomic mass is 16.3. The van der Waals surface area contributed by atoms with Crippen molar-refractivity contribution in [2.24, 2.45) is 0 Å². The van der Waals surface area contributed by atoms with Crippen molar-refractivity contribution in [3.8, 4) is 44.5 Å². The standard InChI is InChI=1S/C60H39NO/c1-3-12-42(13-4-1)51-35-36-58(55-19-10-9-18-54(51)55)61(48-30-24-40(25-31-48)45-28-34-52-47(38-45)23-22-44-16-7-8-17-50(44)52)49-32-26-41(27-33-49)46-29-37-59-57(39-46)56-21-11-20-53(60(56)62-59)43-14-5-2-6-15-43/h1-39H. The van der Waals surface area contributed by atoms with E-state index in [0.29, 0.717) is 0 Å². The molecule has 0 atom stereocenters. The Hall–Kier alpha value is -8.20. The molecule has 12 rings (SSSR count). The van der Waals surface area contributed by atoms with Crippen LogP contribution in [0.5, 0.6) is 0 Å². The van der Waals surface area contributed by atoms with Crippen LogP contribution in [0, 0.1) is 0 Å². The number of para-hydroxylation sites is 1. The van der Waals surface area contributed by atoms with Gasteiger partial charge in [0.15, 0.2) is 0 Å². The molecule has 62 heavy (non-hydrogen) atoms. The average molecular weight is 790 g/mol. The summed E-state index contributed by atoms with van der Waals surface area (Å²) >= 11 is 0. The zero-order valence-electron chi connectivity index (χ0n) is 33.9. The molecule has 0 fully saturated rings. The number of hydrogen-bond donors (Lipinski definition) is 0. The predicted molar refractivity (Wildman–Crippen MR) is 263 cm³/mol. The summed E-state index contributed by atoms with van der Waals surface area (Å²) in [4.78, 5) is 2.40. The van der Waals surface area contributed by atoms with E-state index >= 15 is 0 Å². The number of furan rings is 1. The van der Waals surface area contributed by atoms with Crippen molar-refractivity contribution in [2.75, 3.05) is 4.90 Å². The van der Waals surface area contributed by atoms with Crippen LogP contribution in [0.25, 0.3) is 98.8 Å². The highest BCUT2D eigenvalue weighted by Crippen LogP contribution is 2.44. The quantitative estimate of drug-likeness (QED) is 0.150. The summed E-state index contributed by atoms with van der Waals surface area (Å²) in [6.45, 7) is 0. The van der Waals surface area contributed by atoms with Gasteiger partial charge in [0.2, 0.25) is 0 Å². The summed E-state index contributed by atoms with van der Waals surface area (Å²) in [6.07, 6.45) is 0. The van der Waals surface area contributed by atoms with E-state index in [0.717, 1.165) is 61.3 Å². The van der Waals surface area contributed by atoms with Gasteiger partial charge in [-0.1, -0.05) is 188 Å². The van der Waals surface area contributed by atoms with E-state index in [-0.39, 0.29) is 0 Å². The van der Waals surface area contributed by atoms with Crippen LogP contribution in [0.3, 0.4) is 0 Å². The van der Waals surface area contributed by atoms with Crippen molar-refractivity contribution in [1.29, 1.82) is 0 Å². The topological polar surface area (TPSA) is 16.4 Å². The zero-order chi connectivity index (χ0) is 41.0. The first kappa shape index (κ1) is 35.7. The van der Waals surface area contributed by atoms with Gasteiger partial charge in [-0.3, -0.25) is 0 Å². The first-order chi connectivity index (χ1) is 30.7. The van der Waals surface area contributed by atoms with Crippen molar-refractivity contribution in [3.63, 3.8) is 0 Å². The number of benzene rings is 11. The Balaban J connectivity index is 0.953. The fourth-order valence-corrected chi connectivity index (χ4v) is 9.40. The third kappa shape index (κ3) is 6.12. The summed E-state index contributed by atoms with van der Waals surface area (Å²) in [6, 6.07) is 85.4. The van der Waals surface area contributed by atoms with Crippen molar-refractivity contribution < 1.29 is 4.42 Å². The van der Waals surface area contributed by atoms with Crippen LogP contribution >= 0.6 is 0 Å². The molecule has 0 aliphatic carbocycles. The van der Waals surface area contributed by atoms with Crippen LogP contribution in [0.15, 0.2) is 241 Å². The predicted octanol–water partition coefficient (Wildman–Crippen LogP) is 17.2. The molecule has 0 unspecified atom stereocenters. The molecule has 0 N–H and O–H groups in total. The second-order valence-electron chi connectivity index (χ2n) is 16.1. The van der Waals surface area contributed by atoms with Gasteiger partial charge in [-0.15, -0.1) is 0 Å². The van der Waals surface area contributed by atoms with Crippen molar-refractivity contribution >= 4 is 71.3 Å². The lowest BCUT2D eigenvalue weighted by molar-refractivity contribution is 0.670. The minimum absolute atomic E-state index is 0.890. The smallest absolute Gasteiger partial charge is 0.143 e. The molecule has 0 saturated heterocycles. The van der Waals surface area contributed by atoms with Gasteiger partial charge >= 0.3 is 0 Å². The van der Waals surface area contributed by atoms with Gasteiger partial charge in [-0.05, 0) is 114 Å². The number of rotatable bonds is 7. The largest absolute Gasteiger partial charge is 0.455 e. The highest BCUT2D eigenvalue weighted by molar-refractivity contribution is 6.11. The number of hydrogen-bond acceptors (Lipinski definition) is 2. The maximum atomic E-state index is 6.51. The number of anilines is 3. The SMILES string of the molecule is c1ccc(-c2ccc(N(c3ccc(-c4ccc5c(ccc6ccccc65)c4)cc3)c3ccc(-c4ccc5oc6c(-c7ccccc7)cccc6c5c4)cc3)c3ccccc23)cc1. The van der Waals surface area contributed by atoms with Crippen LogP contribution in [0.2, 0.25) is 0 Å². The van der Waals surface area contributed by atoms with Gasteiger partial charge in [0.05, 0.1) is 5.69 Å². The van der Waals surface area contributed by atoms with Crippen LogP contribution in [0.4, 0.5) is 17.1 Å². The van der Waals surface area contributed by atoms with Gasteiger partial charge in [0.25, 0.3) is 0 Å². The minimum atomic E-state index is 0.890. The minimum Gasteiger partial charge on any atom is -0.455 e. The second kappa shape index (κ2) is 14.8. The van der Waals surface area contributed by atoms with E-state index in [2.05, 4.69) is 235 Å². The second-order valence-corrected chi connectivity index (χ2v) is 16.1. The molecule has 0 radical (unpaired) electrons. The van der Waals surface area contributed by atoms with E-state index < -0.39 is 0 Å². The monoisotopic (exact) mass is 789 g/mol. The molecule has 0 aliphatic heterocycles. The van der Waals surface area contributed by atoms with Gasteiger partial charge in [-0.2, -0.15) is 0 Å². The summed E-state index contributed by atoms with van der Waals surface area (Å²) in [5.41, 5.74) is 14.5. The average Bonchev–Trinajstić information content (AvgIpc) is 3.73. The molecular weight excluding hydrogens is 751 g/mol. The molecular formula is C60H39NO.